The van der Waals surface area contributed by atoms with Gasteiger partial charge in [-0.05, 0) is 45.0 Å². The predicted octanol–water partition coefficient (Wildman–Crippen LogP) is 3.37. The summed E-state index contributed by atoms with van der Waals surface area (Å²) >= 11 is 0. The standard InChI is InChI=1S/C11H14O3.C2H6/c1-11(2,3)14-10(13)8-4-6-9(12)7-5-8;1-2/h4-7,12H,1-3H3;1-2H3. The number of hydrogen-bond acceptors (Lipinski definition) is 3. The summed E-state index contributed by atoms with van der Waals surface area (Å²) in [5.41, 5.74) is -0.0488. The molecule has 0 radical (unpaired) electrons. The molecule has 0 aromatic heterocycles. The van der Waals surface area contributed by atoms with Gasteiger partial charge < -0.3 is 9.84 Å². The first-order chi connectivity index (χ1) is 7.38. The molecule has 16 heavy (non-hydrogen) atoms. The topological polar surface area (TPSA) is 46.5 Å². The van der Waals surface area contributed by atoms with Crippen LogP contribution in [0.4, 0.5) is 0 Å². The van der Waals surface area contributed by atoms with Gasteiger partial charge in [-0.1, -0.05) is 13.8 Å². The van der Waals surface area contributed by atoms with E-state index in [1.165, 1.54) is 24.3 Å². The normalized spacial score (nSPS) is 10.1. The number of aromatic hydroxyl groups is 1. The minimum atomic E-state index is -0.491. The van der Waals surface area contributed by atoms with E-state index in [0.717, 1.165) is 0 Å². The summed E-state index contributed by atoms with van der Waals surface area (Å²) in [5, 5.41) is 9.02. The van der Waals surface area contributed by atoms with E-state index in [1.54, 1.807) is 0 Å². The third-order valence-electron chi connectivity index (χ3n) is 1.50. The van der Waals surface area contributed by atoms with Crippen LogP contribution in [0.2, 0.25) is 0 Å². The average molecular weight is 224 g/mol. The largest absolute Gasteiger partial charge is 0.508 e. The van der Waals surface area contributed by atoms with Gasteiger partial charge in [0.2, 0.25) is 0 Å². The number of phenolic OH excluding ortho intramolecular Hbond substituents is 1. The molecule has 0 aliphatic carbocycles. The highest BCUT2D eigenvalue weighted by Gasteiger charge is 2.17. The molecule has 3 nitrogen and oxygen atoms in total. The maximum Gasteiger partial charge on any atom is 0.338 e. The fourth-order valence-electron chi connectivity index (χ4n) is 0.935. The molecule has 1 rings (SSSR count). The number of ether oxygens (including phenoxy) is 1. The highest BCUT2D eigenvalue weighted by Crippen LogP contribution is 2.14. The zero-order chi connectivity index (χ0) is 12.8. The van der Waals surface area contributed by atoms with Crippen molar-refractivity contribution in [1.29, 1.82) is 0 Å². The number of esters is 1. The van der Waals surface area contributed by atoms with Crippen molar-refractivity contribution in [1.82, 2.24) is 0 Å². The molecule has 0 atom stereocenters. The Bertz CT molecular complexity index is 320. The van der Waals surface area contributed by atoms with Crippen LogP contribution in [0.5, 0.6) is 5.75 Å². The van der Waals surface area contributed by atoms with Gasteiger partial charge in [0.15, 0.2) is 0 Å². The predicted molar refractivity (Wildman–Crippen MR) is 64.6 cm³/mol. The van der Waals surface area contributed by atoms with Gasteiger partial charge in [-0.2, -0.15) is 0 Å². The van der Waals surface area contributed by atoms with Gasteiger partial charge >= 0.3 is 5.97 Å². The Morgan fingerprint density at radius 1 is 1.12 bits per heavy atom. The molecule has 0 saturated carbocycles. The van der Waals surface area contributed by atoms with E-state index in [-0.39, 0.29) is 11.7 Å². The first-order valence-electron chi connectivity index (χ1n) is 5.41. The van der Waals surface area contributed by atoms with Gasteiger partial charge in [0.05, 0.1) is 5.56 Å². The van der Waals surface area contributed by atoms with E-state index in [2.05, 4.69) is 0 Å². The van der Waals surface area contributed by atoms with E-state index in [9.17, 15) is 4.79 Å². The molecule has 0 aliphatic heterocycles. The van der Waals surface area contributed by atoms with Crippen LogP contribution in [0.15, 0.2) is 24.3 Å². The summed E-state index contributed by atoms with van der Waals surface area (Å²) in [6, 6.07) is 5.98. The zero-order valence-electron chi connectivity index (χ0n) is 10.6. The molecule has 0 amide bonds. The molecule has 0 bridgehead atoms. The molecule has 3 heteroatoms. The van der Waals surface area contributed by atoms with Gasteiger partial charge in [0.25, 0.3) is 0 Å². The average Bonchev–Trinajstić information content (AvgIpc) is 2.19. The smallest absolute Gasteiger partial charge is 0.338 e. The van der Waals surface area contributed by atoms with E-state index >= 15 is 0 Å². The lowest BCUT2D eigenvalue weighted by molar-refractivity contribution is 0.00696. The summed E-state index contributed by atoms with van der Waals surface area (Å²) in [6.07, 6.45) is 0. The number of carbonyl (C=O) groups is 1. The van der Waals surface area contributed by atoms with Crippen molar-refractivity contribution in [2.24, 2.45) is 0 Å². The van der Waals surface area contributed by atoms with Crippen LogP contribution >= 0.6 is 0 Å². The van der Waals surface area contributed by atoms with Crippen molar-refractivity contribution in [3.63, 3.8) is 0 Å². The maximum absolute atomic E-state index is 11.5. The van der Waals surface area contributed by atoms with E-state index in [1.807, 2.05) is 34.6 Å². The number of phenols is 1. The number of benzene rings is 1. The van der Waals surface area contributed by atoms with Gasteiger partial charge in [0.1, 0.15) is 11.4 Å². The third-order valence-corrected chi connectivity index (χ3v) is 1.50. The quantitative estimate of drug-likeness (QED) is 0.744. The SMILES string of the molecule is CC.CC(C)(C)OC(=O)c1ccc(O)cc1. The third kappa shape index (κ3) is 5.39. The maximum atomic E-state index is 11.5. The van der Waals surface area contributed by atoms with Gasteiger partial charge in [-0.3, -0.25) is 0 Å². The molecule has 0 unspecified atom stereocenters. The molecule has 1 aromatic carbocycles. The molecule has 1 N–H and O–H groups in total. The molecule has 1 aromatic rings. The minimum Gasteiger partial charge on any atom is -0.508 e. The fourth-order valence-corrected chi connectivity index (χ4v) is 0.935. The highest BCUT2D eigenvalue weighted by molar-refractivity contribution is 5.89. The van der Waals surface area contributed by atoms with Crippen LogP contribution in [0.1, 0.15) is 45.0 Å². The summed E-state index contributed by atoms with van der Waals surface area (Å²) in [4.78, 5) is 11.5. The summed E-state index contributed by atoms with van der Waals surface area (Å²) in [5.74, 6) is -0.241. The first kappa shape index (κ1) is 14.5. The molecule has 0 aliphatic rings. The van der Waals surface area contributed by atoms with Crippen LogP contribution < -0.4 is 0 Å². The van der Waals surface area contributed by atoms with Gasteiger partial charge in [0, 0.05) is 0 Å². The van der Waals surface area contributed by atoms with Crippen molar-refractivity contribution < 1.29 is 14.6 Å². The molecule has 0 fully saturated rings. The Morgan fingerprint density at radius 2 is 1.56 bits per heavy atom. The lowest BCUT2D eigenvalue weighted by Crippen LogP contribution is -2.23. The summed E-state index contributed by atoms with van der Waals surface area (Å²) < 4.78 is 5.14. The van der Waals surface area contributed by atoms with E-state index in [0.29, 0.717) is 5.56 Å². The lowest BCUT2D eigenvalue weighted by atomic mass is 10.1. The second-order valence-corrected chi connectivity index (χ2v) is 4.05. The number of hydrogen-bond donors (Lipinski definition) is 1. The lowest BCUT2D eigenvalue weighted by Gasteiger charge is -2.19. The molecule has 0 heterocycles. The zero-order valence-corrected chi connectivity index (χ0v) is 10.6. The highest BCUT2D eigenvalue weighted by atomic mass is 16.6. The molecular weight excluding hydrogens is 204 g/mol. The van der Waals surface area contributed by atoms with Crippen molar-refractivity contribution in [2.45, 2.75) is 40.2 Å². The number of rotatable bonds is 1. The summed E-state index contributed by atoms with van der Waals surface area (Å²) in [7, 11) is 0. The Kier molecular flexibility index (Phi) is 5.57. The van der Waals surface area contributed by atoms with Crippen molar-refractivity contribution in [3.8, 4) is 5.75 Å². The molecule has 90 valence electrons. The Morgan fingerprint density at radius 3 is 1.94 bits per heavy atom. The van der Waals surface area contributed by atoms with E-state index < -0.39 is 5.60 Å². The van der Waals surface area contributed by atoms with Crippen molar-refractivity contribution in [2.75, 3.05) is 0 Å². The Hall–Kier alpha value is -1.51. The first-order valence-corrected chi connectivity index (χ1v) is 5.41. The fraction of sp³-hybridized carbons (Fsp3) is 0.462. The minimum absolute atomic E-state index is 0.136. The second-order valence-electron chi connectivity index (χ2n) is 4.05. The Labute approximate surface area is 97.1 Å². The van der Waals surface area contributed by atoms with Crippen LogP contribution in [0, 0.1) is 0 Å². The van der Waals surface area contributed by atoms with Crippen molar-refractivity contribution in [3.05, 3.63) is 29.8 Å². The Balaban J connectivity index is 0.00000106. The van der Waals surface area contributed by atoms with Gasteiger partial charge in [-0.25, -0.2) is 4.79 Å². The van der Waals surface area contributed by atoms with Crippen LogP contribution in [0.25, 0.3) is 0 Å². The molecule has 0 saturated heterocycles. The second kappa shape index (κ2) is 6.16. The molecule has 0 spiro atoms. The summed E-state index contributed by atoms with van der Waals surface area (Å²) in [6.45, 7) is 9.43. The van der Waals surface area contributed by atoms with Crippen LogP contribution in [-0.4, -0.2) is 16.7 Å². The van der Waals surface area contributed by atoms with E-state index in [4.69, 9.17) is 9.84 Å². The van der Waals surface area contributed by atoms with Crippen LogP contribution in [0.3, 0.4) is 0 Å². The molecular formula is C13H20O3. The number of carbonyl (C=O) groups excluding carboxylic acids is 1. The van der Waals surface area contributed by atoms with Gasteiger partial charge in [-0.15, -0.1) is 0 Å². The monoisotopic (exact) mass is 224 g/mol. The van der Waals surface area contributed by atoms with Crippen LogP contribution in [-0.2, 0) is 4.74 Å². The van der Waals surface area contributed by atoms with Crippen molar-refractivity contribution >= 4 is 5.97 Å².